The summed E-state index contributed by atoms with van der Waals surface area (Å²) < 4.78 is 4.31. The van der Waals surface area contributed by atoms with E-state index in [1.54, 1.807) is 6.92 Å². The molecule has 3 nitrogen and oxygen atoms in total. The van der Waals surface area contributed by atoms with Crippen LogP contribution in [0.3, 0.4) is 0 Å². The molecule has 0 fully saturated rings. The summed E-state index contributed by atoms with van der Waals surface area (Å²) in [6, 6.07) is 0. The highest BCUT2D eigenvalue weighted by Crippen LogP contribution is 1.72. The number of hydrogen-bond donors (Lipinski definition) is 1. The molecule has 0 rings (SSSR count). The first-order chi connectivity index (χ1) is 2.27. The quantitative estimate of drug-likeness (QED) is 0.430. The van der Waals surface area contributed by atoms with E-state index in [4.69, 9.17) is 5.11 Å². The van der Waals surface area contributed by atoms with Crippen molar-refractivity contribution in [2.45, 2.75) is 13.2 Å². The summed E-state index contributed by atoms with van der Waals surface area (Å²) in [5.74, 6) is 0. The van der Waals surface area contributed by atoms with Crippen LogP contribution in [0.5, 0.6) is 0 Å². The third-order valence-electron chi connectivity index (χ3n) is 0.341. The molecule has 0 aromatic heterocycles. The van der Waals surface area contributed by atoms with Gasteiger partial charge in [0.15, 0.2) is 6.29 Å². The van der Waals surface area contributed by atoms with Crippen LogP contribution in [0.4, 0.5) is 0 Å². The van der Waals surface area contributed by atoms with E-state index in [-0.39, 0.29) is 5.48 Å². The van der Waals surface area contributed by atoms with Crippen molar-refractivity contribution in [3.05, 3.63) is 0 Å². The lowest BCUT2D eigenvalue weighted by Crippen LogP contribution is -1.99. The van der Waals surface area contributed by atoms with Crippen molar-refractivity contribution in [1.29, 1.82) is 0 Å². The van der Waals surface area contributed by atoms with E-state index >= 15 is 0 Å². The van der Waals surface area contributed by atoms with Gasteiger partial charge in [0.25, 0.3) is 0 Å². The average molecular weight is 94.1 g/mol. The Bertz CT molecular complexity index is 20.0. The second-order valence-electron chi connectivity index (χ2n) is 0.835. The van der Waals surface area contributed by atoms with Gasteiger partial charge in [0.05, 0.1) is 0 Å². The lowest BCUT2D eigenvalue weighted by atomic mass is 10.8. The summed E-state index contributed by atoms with van der Waals surface area (Å²) in [5, 5.41) is 8.14. The van der Waals surface area contributed by atoms with Crippen LogP contribution >= 0.6 is 0 Å². The molecular formula is C3H10O3. The van der Waals surface area contributed by atoms with Crippen molar-refractivity contribution < 1.29 is 15.3 Å². The number of ether oxygens (including phenoxy) is 1. The number of methoxy groups -OCH3 is 1. The van der Waals surface area contributed by atoms with E-state index in [9.17, 15) is 0 Å². The second kappa shape index (κ2) is 4.88. The Morgan fingerprint density at radius 3 is 1.83 bits per heavy atom. The molecule has 0 saturated heterocycles. The molecule has 0 aliphatic carbocycles. The minimum Gasteiger partial charge on any atom is -0.412 e. The third kappa shape index (κ3) is 9.11. The fraction of sp³-hybridized carbons (Fsp3) is 1.00. The first-order valence-electron chi connectivity index (χ1n) is 1.48. The third-order valence-corrected chi connectivity index (χ3v) is 0.341. The van der Waals surface area contributed by atoms with E-state index < -0.39 is 6.29 Å². The molecule has 0 spiro atoms. The van der Waals surface area contributed by atoms with Crippen molar-refractivity contribution >= 4 is 0 Å². The topological polar surface area (TPSA) is 61.0 Å². The van der Waals surface area contributed by atoms with Crippen LogP contribution in [0.2, 0.25) is 0 Å². The Balaban J connectivity index is 0. The van der Waals surface area contributed by atoms with Gasteiger partial charge in [-0.3, -0.25) is 0 Å². The number of hydrogen-bond acceptors (Lipinski definition) is 2. The van der Waals surface area contributed by atoms with Crippen molar-refractivity contribution in [2.24, 2.45) is 0 Å². The molecule has 0 aliphatic rings. The molecule has 3 N–H and O–H groups in total. The van der Waals surface area contributed by atoms with Crippen molar-refractivity contribution in [3.63, 3.8) is 0 Å². The molecule has 6 heavy (non-hydrogen) atoms. The fourth-order valence-electron chi connectivity index (χ4n) is 0. The highest BCUT2D eigenvalue weighted by molar-refractivity contribution is 4.10. The Labute approximate surface area is 36.9 Å². The molecule has 3 heteroatoms. The number of aliphatic hydroxyl groups is 1. The zero-order valence-corrected chi connectivity index (χ0v) is 3.93. The van der Waals surface area contributed by atoms with E-state index in [1.807, 2.05) is 0 Å². The Kier molecular flexibility index (Phi) is 7.57. The van der Waals surface area contributed by atoms with Gasteiger partial charge in [-0.1, -0.05) is 0 Å². The summed E-state index contributed by atoms with van der Waals surface area (Å²) in [7, 11) is 1.45. The molecule has 1 unspecified atom stereocenters. The molecule has 0 aromatic rings. The lowest BCUT2D eigenvalue weighted by molar-refractivity contribution is -0.0583. The monoisotopic (exact) mass is 94.1 g/mol. The average Bonchev–Trinajstić information content (AvgIpc) is 1.38. The highest BCUT2D eigenvalue weighted by atomic mass is 16.6. The Morgan fingerprint density at radius 1 is 1.67 bits per heavy atom. The van der Waals surface area contributed by atoms with Crippen LogP contribution in [0, 0.1) is 0 Å². The van der Waals surface area contributed by atoms with Gasteiger partial charge in [0.2, 0.25) is 0 Å². The zero-order chi connectivity index (χ0) is 4.28. The Morgan fingerprint density at radius 2 is 1.83 bits per heavy atom. The van der Waals surface area contributed by atoms with Crippen LogP contribution in [0.1, 0.15) is 6.92 Å². The van der Waals surface area contributed by atoms with E-state index in [2.05, 4.69) is 4.74 Å². The van der Waals surface area contributed by atoms with Gasteiger partial charge in [-0.25, -0.2) is 0 Å². The van der Waals surface area contributed by atoms with Gasteiger partial charge in [-0.2, -0.15) is 0 Å². The summed E-state index contributed by atoms with van der Waals surface area (Å²) in [5.41, 5.74) is 0. The summed E-state index contributed by atoms with van der Waals surface area (Å²) in [6.07, 6.45) is -0.616. The second-order valence-corrected chi connectivity index (χ2v) is 0.835. The van der Waals surface area contributed by atoms with E-state index in [1.165, 1.54) is 7.11 Å². The minimum absolute atomic E-state index is 0. The van der Waals surface area contributed by atoms with Gasteiger partial charge in [-0.05, 0) is 6.92 Å². The molecule has 0 amide bonds. The van der Waals surface area contributed by atoms with Gasteiger partial charge in [0, 0.05) is 7.11 Å². The predicted octanol–water partition coefficient (Wildman–Crippen LogP) is -0.854. The summed E-state index contributed by atoms with van der Waals surface area (Å²) in [6.45, 7) is 1.56. The van der Waals surface area contributed by atoms with Crippen LogP contribution in [-0.2, 0) is 4.74 Å². The smallest absolute Gasteiger partial charge is 0.151 e. The van der Waals surface area contributed by atoms with Crippen LogP contribution in [0.15, 0.2) is 0 Å². The van der Waals surface area contributed by atoms with Crippen molar-refractivity contribution in [3.8, 4) is 0 Å². The molecular weight excluding hydrogens is 84.0 g/mol. The molecule has 40 valence electrons. The normalized spacial score (nSPS) is 12.5. The molecule has 0 aromatic carbocycles. The minimum atomic E-state index is -0.616. The van der Waals surface area contributed by atoms with Crippen molar-refractivity contribution in [1.82, 2.24) is 0 Å². The standard InChI is InChI=1S/C3H8O2.H2O/c1-3(4)5-2;/h3-4H,1-2H3;1H2. The molecule has 0 radical (unpaired) electrons. The Hall–Kier alpha value is -0.120. The number of rotatable bonds is 1. The maximum Gasteiger partial charge on any atom is 0.151 e. The lowest BCUT2D eigenvalue weighted by Gasteiger charge is -1.94. The molecule has 0 saturated carbocycles. The highest BCUT2D eigenvalue weighted by Gasteiger charge is 1.80. The first-order valence-corrected chi connectivity index (χ1v) is 1.48. The maximum atomic E-state index is 8.14. The van der Waals surface area contributed by atoms with Gasteiger partial charge in [0.1, 0.15) is 0 Å². The zero-order valence-electron chi connectivity index (χ0n) is 3.93. The maximum absolute atomic E-state index is 8.14. The number of aliphatic hydroxyl groups excluding tert-OH is 1. The predicted molar refractivity (Wildman–Crippen MR) is 22.3 cm³/mol. The molecule has 0 aliphatic heterocycles. The van der Waals surface area contributed by atoms with E-state index in [0.29, 0.717) is 0 Å². The van der Waals surface area contributed by atoms with Gasteiger partial charge < -0.3 is 15.3 Å². The van der Waals surface area contributed by atoms with Crippen LogP contribution < -0.4 is 0 Å². The first kappa shape index (κ1) is 9.30. The summed E-state index contributed by atoms with van der Waals surface area (Å²) >= 11 is 0. The molecule has 0 bridgehead atoms. The van der Waals surface area contributed by atoms with Gasteiger partial charge in [-0.15, -0.1) is 0 Å². The summed E-state index contributed by atoms with van der Waals surface area (Å²) in [4.78, 5) is 0. The van der Waals surface area contributed by atoms with Crippen LogP contribution in [-0.4, -0.2) is 24.0 Å². The van der Waals surface area contributed by atoms with Crippen LogP contribution in [0.25, 0.3) is 0 Å². The van der Waals surface area contributed by atoms with Gasteiger partial charge >= 0.3 is 0 Å². The van der Waals surface area contributed by atoms with E-state index in [0.717, 1.165) is 0 Å². The molecule has 0 heterocycles. The SMILES string of the molecule is COC(C)O.O. The van der Waals surface area contributed by atoms with Crippen molar-refractivity contribution in [2.75, 3.05) is 7.11 Å². The molecule has 1 atom stereocenters. The fourth-order valence-corrected chi connectivity index (χ4v) is 0. The largest absolute Gasteiger partial charge is 0.412 e.